The van der Waals surface area contributed by atoms with Crippen LogP contribution in [0.1, 0.15) is 10.4 Å². The fourth-order valence-electron chi connectivity index (χ4n) is 2.73. The van der Waals surface area contributed by atoms with Gasteiger partial charge in [0.05, 0.1) is 9.60 Å². The Morgan fingerprint density at radius 1 is 1.03 bits per heavy atom. The lowest BCUT2D eigenvalue weighted by Crippen LogP contribution is -2.15. The lowest BCUT2D eigenvalue weighted by atomic mass is 10.2. The van der Waals surface area contributed by atoms with E-state index >= 15 is 0 Å². The van der Waals surface area contributed by atoms with Gasteiger partial charge < -0.3 is 0 Å². The molecule has 0 aliphatic carbocycles. The number of aromatic nitrogens is 1. The monoisotopic (exact) mass is 479 g/mol. The van der Waals surface area contributed by atoms with Crippen molar-refractivity contribution >= 4 is 59.9 Å². The van der Waals surface area contributed by atoms with E-state index in [2.05, 4.69) is 15.0 Å². The first-order valence-corrected chi connectivity index (χ1v) is 11.3. The van der Waals surface area contributed by atoms with Crippen molar-refractivity contribution in [3.8, 4) is 0 Å². The van der Waals surface area contributed by atoms with Gasteiger partial charge >= 0.3 is 0 Å². The Morgan fingerprint density at radius 2 is 1.77 bits per heavy atom. The van der Waals surface area contributed by atoms with Gasteiger partial charge in [0, 0.05) is 22.3 Å². The molecule has 31 heavy (non-hydrogen) atoms. The number of carbonyl (C=O) groups is 1. The first-order chi connectivity index (χ1) is 14.7. The van der Waals surface area contributed by atoms with Gasteiger partial charge in [-0.25, -0.2) is 22.2 Å². The number of amides is 1. The van der Waals surface area contributed by atoms with Crippen LogP contribution in [-0.2, 0) is 10.0 Å². The molecule has 0 bridgehead atoms. The van der Waals surface area contributed by atoms with Crippen LogP contribution < -0.4 is 10.0 Å². The molecule has 6 nitrogen and oxygen atoms in total. The summed E-state index contributed by atoms with van der Waals surface area (Å²) in [6.07, 6.45) is 0. The molecular weight excluding hydrogens is 468 g/mol. The number of thiazole rings is 1. The van der Waals surface area contributed by atoms with Crippen LogP contribution >= 0.6 is 22.9 Å². The Labute approximate surface area is 184 Å². The Hall–Kier alpha value is -3.08. The lowest BCUT2D eigenvalue weighted by Gasteiger charge is -2.09. The number of hydrogen-bond acceptors (Lipinski definition) is 5. The van der Waals surface area contributed by atoms with Gasteiger partial charge in [0.2, 0.25) is 0 Å². The molecule has 0 radical (unpaired) electrons. The number of nitrogens with zero attached hydrogens (tertiary/aromatic N) is 1. The summed E-state index contributed by atoms with van der Waals surface area (Å²) in [4.78, 5) is 16.5. The minimum Gasteiger partial charge on any atom is -0.298 e. The molecule has 0 atom stereocenters. The maximum Gasteiger partial charge on any atom is 0.261 e. The summed E-state index contributed by atoms with van der Waals surface area (Å²) in [6, 6.07) is 13.3. The minimum atomic E-state index is -3.89. The van der Waals surface area contributed by atoms with Gasteiger partial charge in [0.15, 0.2) is 10.9 Å². The van der Waals surface area contributed by atoms with Crippen molar-refractivity contribution in [1.82, 2.24) is 4.98 Å². The van der Waals surface area contributed by atoms with E-state index in [0.717, 1.165) is 17.4 Å². The number of benzene rings is 3. The van der Waals surface area contributed by atoms with Crippen molar-refractivity contribution in [2.75, 3.05) is 10.0 Å². The van der Waals surface area contributed by atoms with E-state index in [-0.39, 0.29) is 31.5 Å². The summed E-state index contributed by atoms with van der Waals surface area (Å²) in [6.45, 7) is 0. The molecule has 0 saturated carbocycles. The van der Waals surface area contributed by atoms with Gasteiger partial charge in [-0.1, -0.05) is 29.0 Å². The van der Waals surface area contributed by atoms with Crippen LogP contribution in [0.2, 0.25) is 5.02 Å². The molecule has 0 aliphatic rings. The van der Waals surface area contributed by atoms with E-state index in [1.54, 1.807) is 0 Å². The molecule has 0 fully saturated rings. The number of carbonyl (C=O) groups excluding carboxylic acids is 1. The number of fused-ring (bicyclic) bond motifs is 1. The predicted molar refractivity (Wildman–Crippen MR) is 116 cm³/mol. The quantitative estimate of drug-likeness (QED) is 0.407. The number of halogens is 3. The fraction of sp³-hybridized carbons (Fsp3) is 0. The standard InChI is InChI=1S/C20H12ClF2N3O3S2/c21-12-4-6-15(7-5-12)31(28,29)26-14-3-1-2-11(8-14)19(27)25-20-24-18-16(23)9-13(22)10-17(18)30-20/h1-10,26H,(H,24,25,27). The van der Waals surface area contributed by atoms with Crippen LogP contribution in [0.5, 0.6) is 0 Å². The largest absolute Gasteiger partial charge is 0.298 e. The van der Waals surface area contributed by atoms with Gasteiger partial charge in [-0.15, -0.1) is 0 Å². The van der Waals surface area contributed by atoms with E-state index in [1.807, 2.05) is 0 Å². The smallest absolute Gasteiger partial charge is 0.261 e. The second kappa shape index (κ2) is 8.22. The Bertz CT molecular complexity index is 1410. The summed E-state index contributed by atoms with van der Waals surface area (Å²) < 4.78 is 54.8. The van der Waals surface area contributed by atoms with E-state index in [1.165, 1.54) is 48.5 Å². The van der Waals surface area contributed by atoms with Gasteiger partial charge in [0.25, 0.3) is 15.9 Å². The highest BCUT2D eigenvalue weighted by Gasteiger charge is 2.17. The molecule has 0 aliphatic heterocycles. The summed E-state index contributed by atoms with van der Waals surface area (Å²) in [5, 5.41) is 2.99. The molecule has 1 amide bonds. The second-order valence-corrected chi connectivity index (χ2v) is 9.50. The molecule has 1 heterocycles. The van der Waals surface area contributed by atoms with E-state index in [9.17, 15) is 22.0 Å². The van der Waals surface area contributed by atoms with Crippen molar-refractivity contribution in [3.63, 3.8) is 0 Å². The van der Waals surface area contributed by atoms with Gasteiger partial charge in [-0.2, -0.15) is 0 Å². The van der Waals surface area contributed by atoms with E-state index < -0.39 is 27.6 Å². The number of rotatable bonds is 5. The second-order valence-electron chi connectivity index (χ2n) is 6.35. The molecular formula is C20H12ClF2N3O3S2. The molecule has 11 heteroatoms. The predicted octanol–water partition coefficient (Wildman–Crippen LogP) is 5.28. The third-order valence-corrected chi connectivity index (χ3v) is 6.70. The molecule has 0 spiro atoms. The molecule has 0 unspecified atom stereocenters. The number of anilines is 2. The van der Waals surface area contributed by atoms with Crippen LogP contribution in [0.15, 0.2) is 65.6 Å². The Kier molecular flexibility index (Phi) is 5.61. The minimum absolute atomic E-state index is 0.00971. The zero-order chi connectivity index (χ0) is 22.2. The molecule has 4 rings (SSSR count). The average Bonchev–Trinajstić information content (AvgIpc) is 3.10. The van der Waals surface area contributed by atoms with Crippen LogP contribution in [0.4, 0.5) is 19.6 Å². The molecule has 1 aromatic heterocycles. The maximum absolute atomic E-state index is 13.8. The lowest BCUT2D eigenvalue weighted by molar-refractivity contribution is 0.102. The van der Waals surface area contributed by atoms with Gasteiger partial charge in [-0.3, -0.25) is 14.8 Å². The van der Waals surface area contributed by atoms with Crippen molar-refractivity contribution < 1.29 is 22.0 Å². The maximum atomic E-state index is 13.8. The summed E-state index contributed by atoms with van der Waals surface area (Å²) >= 11 is 6.70. The van der Waals surface area contributed by atoms with Crippen LogP contribution in [0.25, 0.3) is 10.2 Å². The van der Waals surface area contributed by atoms with E-state index in [4.69, 9.17) is 11.6 Å². The average molecular weight is 480 g/mol. The third-order valence-electron chi connectivity index (χ3n) is 4.13. The highest BCUT2D eigenvalue weighted by atomic mass is 35.5. The molecule has 3 aromatic carbocycles. The van der Waals surface area contributed by atoms with Gasteiger partial charge in [0.1, 0.15) is 11.3 Å². The summed E-state index contributed by atoms with van der Waals surface area (Å²) in [7, 11) is -3.89. The zero-order valence-corrected chi connectivity index (χ0v) is 17.8. The van der Waals surface area contributed by atoms with Crippen LogP contribution in [-0.4, -0.2) is 19.3 Å². The normalized spacial score (nSPS) is 11.5. The molecule has 158 valence electrons. The highest BCUT2D eigenvalue weighted by Crippen LogP contribution is 2.29. The summed E-state index contributed by atoms with van der Waals surface area (Å²) in [5.41, 5.74) is 0.258. The zero-order valence-electron chi connectivity index (χ0n) is 15.4. The topological polar surface area (TPSA) is 88.2 Å². The number of nitrogens with one attached hydrogen (secondary N) is 2. The van der Waals surface area contributed by atoms with Crippen LogP contribution in [0.3, 0.4) is 0 Å². The Balaban J connectivity index is 1.54. The van der Waals surface area contributed by atoms with Crippen LogP contribution in [0, 0.1) is 11.6 Å². The Morgan fingerprint density at radius 3 is 2.52 bits per heavy atom. The molecule has 4 aromatic rings. The first-order valence-electron chi connectivity index (χ1n) is 8.67. The van der Waals surface area contributed by atoms with Crippen molar-refractivity contribution in [1.29, 1.82) is 0 Å². The SMILES string of the molecule is O=C(Nc1nc2c(F)cc(F)cc2s1)c1cccc(NS(=O)(=O)c2ccc(Cl)cc2)c1. The molecule has 2 N–H and O–H groups in total. The van der Waals surface area contributed by atoms with E-state index in [0.29, 0.717) is 11.1 Å². The van der Waals surface area contributed by atoms with Gasteiger partial charge in [-0.05, 0) is 48.5 Å². The fourth-order valence-corrected chi connectivity index (χ4v) is 4.81. The van der Waals surface area contributed by atoms with Crippen molar-refractivity contribution in [2.45, 2.75) is 4.90 Å². The number of hydrogen-bond donors (Lipinski definition) is 2. The number of sulfonamides is 1. The van der Waals surface area contributed by atoms with Crippen molar-refractivity contribution in [3.05, 3.63) is 82.9 Å². The highest BCUT2D eigenvalue weighted by molar-refractivity contribution is 7.92. The molecule has 0 saturated heterocycles. The van der Waals surface area contributed by atoms with Crippen molar-refractivity contribution in [2.24, 2.45) is 0 Å². The third kappa shape index (κ3) is 4.66. The first kappa shape index (κ1) is 21.2. The summed E-state index contributed by atoms with van der Waals surface area (Å²) in [5.74, 6) is -2.16.